The molecule has 1 rings (SSSR count). The molecule has 18 heavy (non-hydrogen) atoms. The summed E-state index contributed by atoms with van der Waals surface area (Å²) in [6.07, 6.45) is 7.75. The van der Waals surface area contributed by atoms with Crippen molar-refractivity contribution in [2.75, 3.05) is 6.61 Å². The molecule has 1 unspecified atom stereocenters. The molecule has 1 saturated carbocycles. The molecular weight excluding hydrogens is 228 g/mol. The van der Waals surface area contributed by atoms with Gasteiger partial charge in [0, 0.05) is 12.8 Å². The van der Waals surface area contributed by atoms with Crippen LogP contribution in [0.1, 0.15) is 65.7 Å². The summed E-state index contributed by atoms with van der Waals surface area (Å²) in [5.41, 5.74) is 0.411. The second kappa shape index (κ2) is 6.91. The summed E-state index contributed by atoms with van der Waals surface area (Å²) in [5.74, 6) is -0.171. The molecule has 0 aromatic rings. The molecule has 0 N–H and O–H groups in total. The van der Waals surface area contributed by atoms with Gasteiger partial charge in [-0.2, -0.15) is 0 Å². The minimum absolute atomic E-state index is 0.0383. The van der Waals surface area contributed by atoms with E-state index in [1.807, 2.05) is 0 Å². The highest BCUT2D eigenvalue weighted by atomic mass is 16.5. The predicted octanol–water partition coefficient (Wildman–Crippen LogP) is 3.51. The second-order valence-corrected chi connectivity index (χ2v) is 6.25. The number of rotatable bonds is 3. The Bertz CT molecular complexity index is 294. The van der Waals surface area contributed by atoms with Crippen molar-refractivity contribution in [3.8, 4) is 0 Å². The Morgan fingerprint density at radius 1 is 1.11 bits per heavy atom. The third-order valence-corrected chi connectivity index (χ3v) is 3.94. The maximum atomic E-state index is 12.0. The average molecular weight is 254 g/mol. The van der Waals surface area contributed by atoms with Crippen LogP contribution in [0.3, 0.4) is 0 Å². The quantitative estimate of drug-likeness (QED) is 0.724. The summed E-state index contributed by atoms with van der Waals surface area (Å²) in [4.78, 5) is 22.7. The number of hydrogen-bond donors (Lipinski definition) is 0. The maximum absolute atomic E-state index is 12.0. The number of Topliss-reactive ketones (excluding diaryl/α,β-unsaturated/α-hetero) is 1. The van der Waals surface area contributed by atoms with Gasteiger partial charge in [0.1, 0.15) is 6.61 Å². The van der Waals surface area contributed by atoms with Crippen molar-refractivity contribution in [1.29, 1.82) is 0 Å². The van der Waals surface area contributed by atoms with Gasteiger partial charge in [0.25, 0.3) is 0 Å². The van der Waals surface area contributed by atoms with Gasteiger partial charge in [-0.15, -0.1) is 0 Å². The number of carbonyl (C=O) groups excluding carboxylic acids is 2. The van der Waals surface area contributed by atoms with E-state index in [0.717, 1.165) is 25.7 Å². The van der Waals surface area contributed by atoms with Crippen LogP contribution in [-0.2, 0) is 14.3 Å². The normalized spacial score (nSPS) is 24.5. The molecule has 0 amide bonds. The van der Waals surface area contributed by atoms with E-state index in [1.54, 1.807) is 0 Å². The van der Waals surface area contributed by atoms with Crippen molar-refractivity contribution < 1.29 is 14.3 Å². The molecule has 0 heterocycles. The molecule has 0 bridgehead atoms. The van der Waals surface area contributed by atoms with Gasteiger partial charge in [-0.3, -0.25) is 9.59 Å². The standard InChI is InChI=1S/C15H26O3/c1-12(16)18-11-14(17)13-7-4-5-9-15(2,3)10-6-8-13/h13H,4-11H2,1-3H3. The Morgan fingerprint density at radius 2 is 1.72 bits per heavy atom. The summed E-state index contributed by atoms with van der Waals surface area (Å²) in [5, 5.41) is 0. The SMILES string of the molecule is CC(=O)OCC(=O)C1CCCCC(C)(C)CCC1. The molecule has 0 radical (unpaired) electrons. The van der Waals surface area contributed by atoms with E-state index in [2.05, 4.69) is 13.8 Å². The van der Waals surface area contributed by atoms with Gasteiger partial charge in [0.2, 0.25) is 0 Å². The van der Waals surface area contributed by atoms with Crippen molar-refractivity contribution in [3.63, 3.8) is 0 Å². The summed E-state index contributed by atoms with van der Waals surface area (Å²) in [7, 11) is 0. The lowest BCUT2D eigenvalue weighted by Gasteiger charge is -2.23. The summed E-state index contributed by atoms with van der Waals surface area (Å²) < 4.78 is 4.81. The van der Waals surface area contributed by atoms with E-state index in [9.17, 15) is 9.59 Å². The third kappa shape index (κ3) is 5.65. The molecule has 1 aliphatic rings. The van der Waals surface area contributed by atoms with Crippen LogP contribution in [0, 0.1) is 11.3 Å². The second-order valence-electron chi connectivity index (χ2n) is 6.25. The van der Waals surface area contributed by atoms with Gasteiger partial charge in [0.05, 0.1) is 0 Å². The molecule has 0 aromatic heterocycles. The Hall–Kier alpha value is -0.860. The maximum Gasteiger partial charge on any atom is 0.303 e. The molecule has 1 fully saturated rings. The van der Waals surface area contributed by atoms with E-state index in [1.165, 1.54) is 26.2 Å². The van der Waals surface area contributed by atoms with E-state index >= 15 is 0 Å². The lowest BCUT2D eigenvalue weighted by molar-refractivity contribution is -0.147. The van der Waals surface area contributed by atoms with Gasteiger partial charge in [-0.25, -0.2) is 0 Å². The highest BCUT2D eigenvalue weighted by Gasteiger charge is 2.24. The van der Waals surface area contributed by atoms with Crippen LogP contribution < -0.4 is 0 Å². The number of carbonyl (C=O) groups is 2. The van der Waals surface area contributed by atoms with Crippen LogP contribution in [0.15, 0.2) is 0 Å². The van der Waals surface area contributed by atoms with Gasteiger partial charge < -0.3 is 4.74 Å². The van der Waals surface area contributed by atoms with Gasteiger partial charge in [-0.1, -0.05) is 33.1 Å². The van der Waals surface area contributed by atoms with Crippen molar-refractivity contribution in [1.82, 2.24) is 0 Å². The van der Waals surface area contributed by atoms with Crippen LogP contribution in [0.4, 0.5) is 0 Å². The minimum atomic E-state index is -0.368. The smallest absolute Gasteiger partial charge is 0.303 e. The van der Waals surface area contributed by atoms with E-state index in [4.69, 9.17) is 4.74 Å². The van der Waals surface area contributed by atoms with Crippen molar-refractivity contribution in [3.05, 3.63) is 0 Å². The van der Waals surface area contributed by atoms with Crippen LogP contribution >= 0.6 is 0 Å². The predicted molar refractivity (Wildman–Crippen MR) is 71.2 cm³/mol. The topological polar surface area (TPSA) is 43.4 Å². The van der Waals surface area contributed by atoms with Crippen LogP contribution in [-0.4, -0.2) is 18.4 Å². The Labute approximate surface area is 110 Å². The van der Waals surface area contributed by atoms with Gasteiger partial charge >= 0.3 is 5.97 Å². The van der Waals surface area contributed by atoms with Crippen molar-refractivity contribution >= 4 is 11.8 Å². The average Bonchev–Trinajstić information content (AvgIpc) is 2.36. The minimum Gasteiger partial charge on any atom is -0.458 e. The summed E-state index contributed by atoms with van der Waals surface area (Å²) >= 11 is 0. The van der Waals surface area contributed by atoms with Gasteiger partial charge in [-0.05, 0) is 31.1 Å². The number of esters is 1. The fourth-order valence-electron chi connectivity index (χ4n) is 2.70. The molecule has 0 spiro atoms. The zero-order chi connectivity index (χ0) is 13.6. The molecule has 0 aromatic carbocycles. The highest BCUT2D eigenvalue weighted by Crippen LogP contribution is 2.33. The molecule has 0 aliphatic heterocycles. The Kier molecular flexibility index (Phi) is 5.83. The molecule has 1 atom stereocenters. The summed E-state index contributed by atoms with van der Waals surface area (Å²) in [6.45, 7) is 5.93. The number of ketones is 1. The first-order chi connectivity index (χ1) is 8.41. The zero-order valence-electron chi connectivity index (χ0n) is 12.0. The molecular formula is C15H26O3. The molecule has 1 aliphatic carbocycles. The lowest BCUT2D eigenvalue weighted by atomic mass is 9.83. The molecule has 104 valence electrons. The van der Waals surface area contributed by atoms with Crippen LogP contribution in [0.2, 0.25) is 0 Å². The van der Waals surface area contributed by atoms with E-state index in [-0.39, 0.29) is 24.3 Å². The molecule has 3 heteroatoms. The van der Waals surface area contributed by atoms with Gasteiger partial charge in [0.15, 0.2) is 5.78 Å². The lowest BCUT2D eigenvalue weighted by Crippen LogP contribution is -2.21. The largest absolute Gasteiger partial charge is 0.458 e. The Morgan fingerprint density at radius 3 is 2.39 bits per heavy atom. The van der Waals surface area contributed by atoms with Crippen LogP contribution in [0.5, 0.6) is 0 Å². The van der Waals surface area contributed by atoms with Crippen molar-refractivity contribution in [2.45, 2.75) is 65.7 Å². The monoisotopic (exact) mass is 254 g/mol. The first-order valence-corrected chi connectivity index (χ1v) is 7.07. The fraction of sp³-hybridized carbons (Fsp3) is 0.867. The first kappa shape index (κ1) is 15.2. The van der Waals surface area contributed by atoms with Crippen molar-refractivity contribution in [2.24, 2.45) is 11.3 Å². The summed E-state index contributed by atoms with van der Waals surface area (Å²) in [6, 6.07) is 0. The molecule has 3 nitrogen and oxygen atoms in total. The molecule has 0 saturated heterocycles. The van der Waals surface area contributed by atoms with E-state index < -0.39 is 0 Å². The zero-order valence-corrected chi connectivity index (χ0v) is 12.0. The third-order valence-electron chi connectivity index (χ3n) is 3.94. The number of ether oxygens (including phenoxy) is 1. The van der Waals surface area contributed by atoms with Crippen LogP contribution in [0.25, 0.3) is 0 Å². The first-order valence-electron chi connectivity index (χ1n) is 7.07. The number of hydrogen-bond acceptors (Lipinski definition) is 3. The van der Waals surface area contributed by atoms with E-state index in [0.29, 0.717) is 5.41 Å². The fourth-order valence-corrected chi connectivity index (χ4v) is 2.70. The highest BCUT2D eigenvalue weighted by molar-refractivity contribution is 5.84. The Balaban J connectivity index is 2.45.